The molecule has 6 rings (SSSR count). The van der Waals surface area contributed by atoms with Gasteiger partial charge in [-0.3, -0.25) is 14.8 Å². The number of nitrogens with zero attached hydrogens (tertiary/aromatic N) is 5. The normalized spacial score (nSPS) is 16.3. The van der Waals surface area contributed by atoms with Crippen LogP contribution in [0.15, 0.2) is 89.2 Å². The van der Waals surface area contributed by atoms with Gasteiger partial charge in [-0.1, -0.05) is 13.8 Å². The second-order valence-corrected chi connectivity index (χ2v) is 11.2. The van der Waals surface area contributed by atoms with Crippen molar-refractivity contribution in [3.63, 3.8) is 0 Å². The molecule has 0 spiro atoms. The van der Waals surface area contributed by atoms with Crippen LogP contribution < -0.4 is 26.6 Å². The fraction of sp³-hybridized carbons (Fsp3) is 0.250. The van der Waals surface area contributed by atoms with Crippen molar-refractivity contribution >= 4 is 28.7 Å². The third kappa shape index (κ3) is 5.07. The number of benzene rings is 1. The highest BCUT2D eigenvalue weighted by atomic mass is 16.1. The van der Waals surface area contributed by atoms with Gasteiger partial charge in [0.2, 0.25) is 5.91 Å². The number of allylic oxidation sites excluding steroid dienone is 4. The lowest BCUT2D eigenvalue weighted by Gasteiger charge is -2.32. The Labute approximate surface area is 245 Å². The Kier molecular flexibility index (Phi) is 6.89. The molecule has 0 unspecified atom stereocenters. The monoisotopic (exact) mass is 561 g/mol. The number of aliphatic imine (C=N–C) groups is 1. The summed E-state index contributed by atoms with van der Waals surface area (Å²) in [6.45, 7) is 8.36. The molecule has 1 aliphatic carbocycles. The van der Waals surface area contributed by atoms with Crippen molar-refractivity contribution in [3.05, 3.63) is 101 Å². The van der Waals surface area contributed by atoms with Gasteiger partial charge in [0.05, 0.1) is 52.4 Å². The topological polar surface area (TPSA) is 125 Å². The first-order chi connectivity index (χ1) is 20.2. The Morgan fingerprint density at radius 1 is 1.12 bits per heavy atom. The minimum Gasteiger partial charge on any atom is -0.402 e. The summed E-state index contributed by atoms with van der Waals surface area (Å²) in [4.78, 5) is 28.3. The van der Waals surface area contributed by atoms with Crippen molar-refractivity contribution in [1.29, 1.82) is 0 Å². The van der Waals surface area contributed by atoms with Gasteiger partial charge in [0.1, 0.15) is 6.67 Å². The minimum atomic E-state index is -0.121. The molecule has 1 aromatic carbocycles. The van der Waals surface area contributed by atoms with Crippen LogP contribution in [0.2, 0.25) is 0 Å². The predicted octanol–water partition coefficient (Wildman–Crippen LogP) is 4.39. The van der Waals surface area contributed by atoms with Gasteiger partial charge in [-0.25, -0.2) is 4.98 Å². The molecule has 0 saturated carbocycles. The maximum Gasteiger partial charge on any atom is 0.226 e. The summed E-state index contributed by atoms with van der Waals surface area (Å²) in [5.74, 6) is -0.164. The maximum absolute atomic E-state index is 12.3. The highest BCUT2D eigenvalue weighted by Gasteiger charge is 2.28. The number of imidazole rings is 1. The quantitative estimate of drug-likeness (QED) is 0.364. The van der Waals surface area contributed by atoms with Crippen LogP contribution >= 0.6 is 0 Å². The van der Waals surface area contributed by atoms with Gasteiger partial charge >= 0.3 is 0 Å². The van der Waals surface area contributed by atoms with Gasteiger partial charge in [-0.15, -0.1) is 0 Å². The van der Waals surface area contributed by atoms with E-state index in [2.05, 4.69) is 56.9 Å². The van der Waals surface area contributed by atoms with E-state index < -0.39 is 0 Å². The third-order valence-electron chi connectivity index (χ3n) is 7.53. The van der Waals surface area contributed by atoms with E-state index in [4.69, 9.17) is 10.7 Å². The van der Waals surface area contributed by atoms with Crippen LogP contribution in [0.5, 0.6) is 0 Å². The average molecular weight is 562 g/mol. The van der Waals surface area contributed by atoms with Gasteiger partial charge < -0.3 is 31.2 Å². The fourth-order valence-corrected chi connectivity index (χ4v) is 5.43. The van der Waals surface area contributed by atoms with E-state index in [0.29, 0.717) is 18.8 Å². The SMILES string of the molecule is Cc1cn(C2=CC=C(N)CC3=C2NC=C(C2=NCN(C)c4c(C)cc(-c5cncc(NC(=O)C(C)C)c5)cc42)N3)cn1. The Morgan fingerprint density at radius 2 is 1.95 bits per heavy atom. The first-order valence-electron chi connectivity index (χ1n) is 14.0. The number of nitrogens with one attached hydrogen (secondary N) is 3. The molecule has 5 N–H and O–H groups in total. The van der Waals surface area contributed by atoms with Gasteiger partial charge in [0.15, 0.2) is 0 Å². The number of aryl methyl sites for hydroxylation is 2. The van der Waals surface area contributed by atoms with E-state index in [1.807, 2.05) is 68.5 Å². The number of nitrogens with two attached hydrogens (primary N) is 1. The number of aromatic nitrogens is 3. The minimum absolute atomic E-state index is 0.0433. The molecule has 0 atom stereocenters. The Morgan fingerprint density at radius 3 is 2.71 bits per heavy atom. The summed E-state index contributed by atoms with van der Waals surface area (Å²) in [6, 6.07) is 6.27. The summed E-state index contributed by atoms with van der Waals surface area (Å²) in [5.41, 5.74) is 18.5. The maximum atomic E-state index is 12.3. The van der Waals surface area contributed by atoms with E-state index in [-0.39, 0.29) is 11.8 Å². The summed E-state index contributed by atoms with van der Waals surface area (Å²) in [6.07, 6.45) is 13.8. The highest BCUT2D eigenvalue weighted by molar-refractivity contribution is 6.17. The number of carbonyl (C=O) groups is 1. The molecule has 0 fully saturated rings. The van der Waals surface area contributed by atoms with Crippen LogP contribution in [0.25, 0.3) is 16.8 Å². The molecule has 1 amide bonds. The van der Waals surface area contributed by atoms with E-state index in [9.17, 15) is 4.79 Å². The van der Waals surface area contributed by atoms with Crippen LogP contribution in [0.1, 0.15) is 37.1 Å². The number of hydrogen-bond donors (Lipinski definition) is 4. The molecule has 42 heavy (non-hydrogen) atoms. The molecule has 0 bridgehead atoms. The first kappa shape index (κ1) is 27.1. The molecular formula is C32H35N9O. The van der Waals surface area contributed by atoms with Crippen LogP contribution in [0, 0.1) is 19.8 Å². The Balaban J connectivity index is 1.36. The standard InChI is InChI=1S/C32H35N9O/c1-18(2)32(42)38-24-9-22(12-34-13-24)21-8-19(3)31-25(10-21)29(37-16-40(31)5)27-14-35-30-26(39-27)11-23(33)6-7-28(30)41-15-20(4)36-17-41/h6-10,12-15,17-18,35,39H,11,16,33H2,1-5H3,(H,38,42). The molecule has 0 radical (unpaired) electrons. The van der Waals surface area contributed by atoms with Crippen molar-refractivity contribution < 1.29 is 4.79 Å². The average Bonchev–Trinajstić information content (AvgIpc) is 3.31. The number of carbonyl (C=O) groups excluding carboxylic acids is 1. The van der Waals surface area contributed by atoms with Gasteiger partial charge in [0, 0.05) is 60.5 Å². The molecule has 2 aromatic heterocycles. The van der Waals surface area contributed by atoms with E-state index >= 15 is 0 Å². The van der Waals surface area contributed by atoms with E-state index in [1.165, 1.54) is 0 Å². The van der Waals surface area contributed by atoms with Crippen molar-refractivity contribution in [2.75, 3.05) is 23.9 Å². The number of pyridine rings is 1. The highest BCUT2D eigenvalue weighted by Crippen LogP contribution is 2.36. The lowest BCUT2D eigenvalue weighted by atomic mass is 9.93. The first-order valence-corrected chi connectivity index (χ1v) is 14.0. The summed E-state index contributed by atoms with van der Waals surface area (Å²) in [5, 5.41) is 10.1. The van der Waals surface area contributed by atoms with E-state index in [0.717, 1.165) is 67.8 Å². The summed E-state index contributed by atoms with van der Waals surface area (Å²) in [7, 11) is 2.05. The van der Waals surface area contributed by atoms with Crippen LogP contribution in [0.4, 0.5) is 11.4 Å². The summed E-state index contributed by atoms with van der Waals surface area (Å²) < 4.78 is 2.00. The molecule has 214 valence electrons. The Hall–Kier alpha value is -5.12. The predicted molar refractivity (Wildman–Crippen MR) is 167 cm³/mol. The van der Waals surface area contributed by atoms with Crippen LogP contribution in [-0.2, 0) is 4.79 Å². The fourth-order valence-electron chi connectivity index (χ4n) is 5.43. The largest absolute Gasteiger partial charge is 0.402 e. The number of amides is 1. The van der Waals surface area contributed by atoms with Crippen LogP contribution in [-0.4, -0.2) is 39.9 Å². The van der Waals surface area contributed by atoms with Gasteiger partial charge in [-0.2, -0.15) is 0 Å². The molecule has 0 saturated heterocycles. The number of anilines is 2. The van der Waals surface area contributed by atoms with E-state index in [1.54, 1.807) is 6.20 Å². The zero-order chi connectivity index (χ0) is 29.5. The smallest absolute Gasteiger partial charge is 0.226 e. The Bertz CT molecular complexity index is 1750. The van der Waals surface area contributed by atoms with Gasteiger partial charge in [-0.05, 0) is 55.3 Å². The van der Waals surface area contributed by atoms with Crippen molar-refractivity contribution in [2.45, 2.75) is 34.1 Å². The zero-order valence-corrected chi connectivity index (χ0v) is 24.5. The third-order valence-corrected chi connectivity index (χ3v) is 7.53. The molecular weight excluding hydrogens is 526 g/mol. The molecule has 3 aromatic rings. The molecule has 3 aliphatic rings. The van der Waals surface area contributed by atoms with Gasteiger partial charge in [0.25, 0.3) is 0 Å². The van der Waals surface area contributed by atoms with Crippen LogP contribution in [0.3, 0.4) is 0 Å². The number of hydrogen-bond acceptors (Lipinski definition) is 8. The second kappa shape index (κ2) is 10.7. The van der Waals surface area contributed by atoms with Crippen molar-refractivity contribution in [1.82, 2.24) is 25.2 Å². The number of fused-ring (bicyclic) bond motifs is 1. The number of rotatable bonds is 5. The van der Waals surface area contributed by atoms with Crippen molar-refractivity contribution in [3.8, 4) is 11.1 Å². The second-order valence-electron chi connectivity index (χ2n) is 11.2. The summed E-state index contributed by atoms with van der Waals surface area (Å²) >= 11 is 0. The molecule has 2 aliphatic heterocycles. The van der Waals surface area contributed by atoms with Crippen molar-refractivity contribution in [2.24, 2.45) is 16.6 Å². The molecule has 10 heteroatoms. The lowest BCUT2D eigenvalue weighted by Crippen LogP contribution is -2.35. The molecule has 10 nitrogen and oxygen atoms in total. The lowest BCUT2D eigenvalue weighted by molar-refractivity contribution is -0.118. The molecule has 4 heterocycles. The zero-order valence-electron chi connectivity index (χ0n) is 24.5.